The number of hydrogen-bond donors (Lipinski definition) is 2. The van der Waals surface area contributed by atoms with Gasteiger partial charge in [0.15, 0.2) is 5.75 Å². The largest absolute Gasteiger partial charge is 0.487 e. The lowest BCUT2D eigenvalue weighted by molar-refractivity contribution is -0.385. The molecule has 0 fully saturated rings. The summed E-state index contributed by atoms with van der Waals surface area (Å²) in [6.45, 7) is 5.43. The van der Waals surface area contributed by atoms with Gasteiger partial charge in [-0.25, -0.2) is 4.79 Å². The summed E-state index contributed by atoms with van der Waals surface area (Å²) in [6, 6.07) is 4.58. The smallest absolute Gasteiger partial charge is 0.333 e. The molecule has 116 valence electrons. The Balaban J connectivity index is 3.23. The molecule has 7 heteroatoms. The highest BCUT2D eigenvalue weighted by atomic mass is 16.6. The van der Waals surface area contributed by atoms with Crippen molar-refractivity contribution in [2.45, 2.75) is 39.2 Å². The van der Waals surface area contributed by atoms with Crippen LogP contribution in [0.2, 0.25) is 0 Å². The number of carboxylic acids is 1. The van der Waals surface area contributed by atoms with Gasteiger partial charge >= 0.3 is 11.7 Å². The van der Waals surface area contributed by atoms with Crippen LogP contribution in [0.25, 0.3) is 0 Å². The van der Waals surface area contributed by atoms with Crippen molar-refractivity contribution >= 4 is 17.3 Å². The van der Waals surface area contributed by atoms with Crippen molar-refractivity contribution in [3.8, 4) is 5.75 Å². The summed E-state index contributed by atoms with van der Waals surface area (Å²) in [6.07, 6.45) is 0.996. The summed E-state index contributed by atoms with van der Waals surface area (Å²) in [5.41, 5.74) is -1.39. The second-order valence-electron chi connectivity index (χ2n) is 4.87. The summed E-state index contributed by atoms with van der Waals surface area (Å²) in [5.74, 6) is -0.935. The number of nitrogens with zero attached hydrogens (tertiary/aromatic N) is 1. The molecule has 0 bridgehead atoms. The Labute approximate surface area is 123 Å². The van der Waals surface area contributed by atoms with E-state index in [1.165, 1.54) is 19.1 Å². The molecule has 1 rings (SSSR count). The highest BCUT2D eigenvalue weighted by Gasteiger charge is 2.34. The second-order valence-corrected chi connectivity index (χ2v) is 4.87. The molecular weight excluding hydrogens is 276 g/mol. The second kappa shape index (κ2) is 6.92. The molecule has 0 saturated carbocycles. The van der Waals surface area contributed by atoms with Crippen molar-refractivity contribution in [1.29, 1.82) is 0 Å². The number of hydrogen-bond acceptors (Lipinski definition) is 5. The van der Waals surface area contributed by atoms with E-state index in [0.29, 0.717) is 6.61 Å². The molecule has 0 aromatic heterocycles. The van der Waals surface area contributed by atoms with Gasteiger partial charge in [0.2, 0.25) is 0 Å². The van der Waals surface area contributed by atoms with Crippen LogP contribution in [0.15, 0.2) is 18.2 Å². The maximum atomic E-state index is 11.3. The summed E-state index contributed by atoms with van der Waals surface area (Å²) < 4.78 is 5.37. The lowest BCUT2D eigenvalue weighted by Gasteiger charge is -2.26. The fraction of sp³-hybridized carbons (Fsp3) is 0.500. The minimum atomic E-state index is -1.28. The van der Waals surface area contributed by atoms with Crippen LogP contribution in [0.4, 0.5) is 11.4 Å². The number of ether oxygens (including phenoxy) is 1. The number of nitro groups is 1. The van der Waals surface area contributed by atoms with Crippen molar-refractivity contribution in [2.24, 2.45) is 0 Å². The first kappa shape index (κ1) is 16.7. The molecule has 1 unspecified atom stereocenters. The van der Waals surface area contributed by atoms with Crippen LogP contribution in [0.3, 0.4) is 0 Å². The normalized spacial score (nSPS) is 13.3. The molecule has 0 aliphatic carbocycles. The minimum absolute atomic E-state index is 0.135. The van der Waals surface area contributed by atoms with E-state index < -0.39 is 16.4 Å². The molecule has 0 saturated heterocycles. The Morgan fingerprint density at radius 1 is 1.48 bits per heavy atom. The van der Waals surface area contributed by atoms with Crippen molar-refractivity contribution in [2.75, 3.05) is 11.9 Å². The molecular formula is C14H20N2O5. The molecule has 0 spiro atoms. The van der Waals surface area contributed by atoms with Crippen LogP contribution in [-0.4, -0.2) is 28.1 Å². The van der Waals surface area contributed by atoms with Crippen LogP contribution in [-0.2, 0) is 4.79 Å². The van der Waals surface area contributed by atoms with Gasteiger partial charge in [-0.05, 0) is 31.9 Å². The molecule has 0 amide bonds. The first-order chi connectivity index (χ1) is 9.85. The van der Waals surface area contributed by atoms with Crippen LogP contribution in [0.1, 0.15) is 33.6 Å². The van der Waals surface area contributed by atoms with E-state index in [2.05, 4.69) is 5.32 Å². The van der Waals surface area contributed by atoms with E-state index >= 15 is 0 Å². The van der Waals surface area contributed by atoms with Crippen LogP contribution in [0.5, 0.6) is 5.75 Å². The number of nitro benzene ring substituents is 1. The predicted octanol–water partition coefficient (Wildman–Crippen LogP) is 3.05. The Morgan fingerprint density at radius 2 is 2.14 bits per heavy atom. The van der Waals surface area contributed by atoms with Gasteiger partial charge < -0.3 is 15.2 Å². The molecule has 0 aliphatic rings. The molecule has 2 N–H and O–H groups in total. The molecule has 1 aromatic carbocycles. The third-order valence-corrected chi connectivity index (χ3v) is 3.23. The monoisotopic (exact) mass is 296 g/mol. The fourth-order valence-electron chi connectivity index (χ4n) is 1.73. The maximum Gasteiger partial charge on any atom is 0.333 e. The average Bonchev–Trinajstić information content (AvgIpc) is 2.44. The summed E-state index contributed by atoms with van der Waals surface area (Å²) in [4.78, 5) is 22.1. The molecule has 0 heterocycles. The van der Waals surface area contributed by atoms with Gasteiger partial charge in [0.25, 0.3) is 0 Å². The molecule has 0 radical (unpaired) electrons. The predicted molar refractivity (Wildman–Crippen MR) is 78.8 cm³/mol. The van der Waals surface area contributed by atoms with Gasteiger partial charge in [0.1, 0.15) is 11.2 Å². The van der Waals surface area contributed by atoms with Crippen molar-refractivity contribution in [3.05, 3.63) is 28.3 Å². The first-order valence-electron chi connectivity index (χ1n) is 6.77. The van der Waals surface area contributed by atoms with Gasteiger partial charge in [-0.2, -0.15) is 0 Å². The Bertz CT molecular complexity index is 532. The average molecular weight is 296 g/mol. The summed E-state index contributed by atoms with van der Waals surface area (Å²) >= 11 is 0. The van der Waals surface area contributed by atoms with E-state index in [4.69, 9.17) is 4.74 Å². The fourth-order valence-corrected chi connectivity index (χ4v) is 1.73. The van der Waals surface area contributed by atoms with Crippen molar-refractivity contribution in [3.63, 3.8) is 0 Å². The Kier molecular flexibility index (Phi) is 5.52. The van der Waals surface area contributed by atoms with E-state index in [0.717, 1.165) is 6.42 Å². The van der Waals surface area contributed by atoms with E-state index in [-0.39, 0.29) is 23.5 Å². The zero-order chi connectivity index (χ0) is 16.0. The molecule has 0 aliphatic heterocycles. The quantitative estimate of drug-likeness (QED) is 0.564. The number of para-hydroxylation sites is 1. The molecule has 1 atom stereocenters. The van der Waals surface area contributed by atoms with Gasteiger partial charge in [-0.1, -0.05) is 19.9 Å². The Hall–Kier alpha value is -2.31. The van der Waals surface area contributed by atoms with E-state index in [1.54, 1.807) is 13.0 Å². The minimum Gasteiger partial charge on any atom is -0.487 e. The lowest BCUT2D eigenvalue weighted by atomic mass is 9.98. The Morgan fingerprint density at radius 3 is 2.62 bits per heavy atom. The number of anilines is 1. The standard InChI is InChI=1S/C14H20N2O5/c1-4-9-21-11-8-6-7-10(12(11)16(19)20)15-14(3,5-2)13(17)18/h6-8,15H,4-5,9H2,1-3H3,(H,17,18). The van der Waals surface area contributed by atoms with Crippen LogP contribution in [0, 0.1) is 10.1 Å². The summed E-state index contributed by atoms with van der Waals surface area (Å²) in [5, 5.41) is 23.3. The zero-order valence-corrected chi connectivity index (χ0v) is 12.4. The number of nitrogens with one attached hydrogen (secondary N) is 1. The molecule has 21 heavy (non-hydrogen) atoms. The third-order valence-electron chi connectivity index (χ3n) is 3.23. The van der Waals surface area contributed by atoms with Crippen LogP contribution < -0.4 is 10.1 Å². The molecule has 7 nitrogen and oxygen atoms in total. The SMILES string of the molecule is CCCOc1cccc(NC(C)(CC)C(=O)O)c1[N+](=O)[O-]. The maximum absolute atomic E-state index is 11.3. The van der Waals surface area contributed by atoms with Crippen molar-refractivity contribution < 1.29 is 19.6 Å². The highest BCUT2D eigenvalue weighted by molar-refractivity contribution is 5.84. The summed E-state index contributed by atoms with van der Waals surface area (Å²) in [7, 11) is 0. The number of carboxylic acid groups (broad SMARTS) is 1. The zero-order valence-electron chi connectivity index (χ0n) is 12.4. The number of carbonyl (C=O) groups is 1. The number of benzene rings is 1. The van der Waals surface area contributed by atoms with Crippen LogP contribution >= 0.6 is 0 Å². The van der Waals surface area contributed by atoms with Gasteiger partial charge in [-0.15, -0.1) is 0 Å². The van der Waals surface area contributed by atoms with Gasteiger partial charge in [-0.3, -0.25) is 10.1 Å². The van der Waals surface area contributed by atoms with Gasteiger partial charge in [0, 0.05) is 0 Å². The lowest BCUT2D eigenvalue weighted by Crippen LogP contribution is -2.42. The number of aliphatic carboxylic acids is 1. The number of rotatable bonds is 8. The topological polar surface area (TPSA) is 102 Å². The van der Waals surface area contributed by atoms with Crippen molar-refractivity contribution in [1.82, 2.24) is 0 Å². The third kappa shape index (κ3) is 3.84. The first-order valence-corrected chi connectivity index (χ1v) is 6.77. The van der Waals surface area contributed by atoms with E-state index in [9.17, 15) is 20.0 Å². The molecule has 1 aromatic rings. The van der Waals surface area contributed by atoms with E-state index in [1.807, 2.05) is 6.92 Å². The highest BCUT2D eigenvalue weighted by Crippen LogP contribution is 2.36. The van der Waals surface area contributed by atoms with Gasteiger partial charge in [0.05, 0.1) is 11.5 Å².